The summed E-state index contributed by atoms with van der Waals surface area (Å²) in [4.78, 5) is 17.0. The van der Waals surface area contributed by atoms with E-state index in [0.29, 0.717) is 11.4 Å². The third-order valence-electron chi connectivity index (χ3n) is 5.03. The number of hydrogen-bond donors (Lipinski definition) is 0. The molecule has 0 aliphatic carbocycles. The largest absolute Gasteiger partial charge is 0.274 e. The average molecular weight is 377 g/mol. The lowest BCUT2D eigenvalue weighted by atomic mass is 10.1. The summed E-state index contributed by atoms with van der Waals surface area (Å²) in [5, 5.41) is 0.653. The van der Waals surface area contributed by atoms with Gasteiger partial charge in [-0.3, -0.25) is 9.36 Å². The van der Waals surface area contributed by atoms with Gasteiger partial charge in [0.1, 0.15) is 5.82 Å². The van der Waals surface area contributed by atoms with Gasteiger partial charge in [0.2, 0.25) is 5.91 Å². The van der Waals surface area contributed by atoms with Crippen LogP contribution in [0.5, 0.6) is 0 Å². The third kappa shape index (κ3) is 6.42. The number of fused-ring (bicyclic) bond motifs is 1. The number of unbranched alkanes of at least 4 members (excludes halogenated alkanes) is 10. The molecule has 0 saturated heterocycles. The Bertz CT molecular complexity index is 693. The normalized spacial score (nSPS) is 11.3. The van der Waals surface area contributed by atoms with Gasteiger partial charge in [0.25, 0.3) is 0 Å². The summed E-state index contributed by atoms with van der Waals surface area (Å²) in [6.07, 6.45) is 14.8. The van der Waals surface area contributed by atoms with Gasteiger partial charge in [-0.2, -0.15) is 0 Å². The van der Waals surface area contributed by atoms with Crippen LogP contribution >= 0.6 is 11.6 Å². The molecule has 0 radical (unpaired) electrons. The number of halogens is 1. The predicted molar refractivity (Wildman–Crippen MR) is 111 cm³/mol. The van der Waals surface area contributed by atoms with Gasteiger partial charge in [-0.05, 0) is 31.5 Å². The van der Waals surface area contributed by atoms with E-state index in [1.807, 2.05) is 25.1 Å². The molecule has 1 aromatic carbocycles. The highest BCUT2D eigenvalue weighted by molar-refractivity contribution is 6.31. The number of carbonyl (C=O) groups excluding carboxylic acids is 1. The molecule has 0 unspecified atom stereocenters. The first kappa shape index (κ1) is 21.0. The Kier molecular flexibility index (Phi) is 9.17. The first-order chi connectivity index (χ1) is 12.6. The lowest BCUT2D eigenvalue weighted by molar-refractivity contribution is 0.0901. The van der Waals surface area contributed by atoms with Crippen molar-refractivity contribution in [3.8, 4) is 0 Å². The highest BCUT2D eigenvalue weighted by atomic mass is 35.5. The molecule has 1 heterocycles. The first-order valence-corrected chi connectivity index (χ1v) is 10.7. The molecular weight excluding hydrogens is 344 g/mol. The molecule has 1 aromatic heterocycles. The van der Waals surface area contributed by atoms with Gasteiger partial charge in [-0.25, -0.2) is 4.98 Å². The van der Waals surface area contributed by atoms with Crippen LogP contribution in [-0.2, 0) is 0 Å². The second kappa shape index (κ2) is 11.4. The van der Waals surface area contributed by atoms with Gasteiger partial charge in [-0.1, -0.05) is 82.7 Å². The van der Waals surface area contributed by atoms with Crippen molar-refractivity contribution < 1.29 is 4.79 Å². The van der Waals surface area contributed by atoms with E-state index < -0.39 is 0 Å². The zero-order valence-corrected chi connectivity index (χ0v) is 17.2. The standard InChI is InChI=1S/C22H33ClN2O/c1-3-4-5-6-7-8-9-10-11-12-13-14-22(26)25-18(2)24-20-17-19(23)15-16-21(20)25/h15-17H,3-14H2,1-2H3. The number of hydrogen-bond acceptors (Lipinski definition) is 2. The monoisotopic (exact) mass is 376 g/mol. The van der Waals surface area contributed by atoms with E-state index in [0.717, 1.165) is 29.7 Å². The summed E-state index contributed by atoms with van der Waals surface area (Å²) in [6, 6.07) is 5.52. The highest BCUT2D eigenvalue weighted by Gasteiger charge is 2.13. The van der Waals surface area contributed by atoms with Crippen molar-refractivity contribution in [1.82, 2.24) is 9.55 Å². The lowest BCUT2D eigenvalue weighted by Gasteiger charge is -2.06. The molecule has 26 heavy (non-hydrogen) atoms. The maximum Gasteiger partial charge on any atom is 0.232 e. The number of rotatable bonds is 12. The second-order valence-corrected chi connectivity index (χ2v) is 7.74. The van der Waals surface area contributed by atoms with Crippen LogP contribution < -0.4 is 0 Å². The smallest absolute Gasteiger partial charge is 0.232 e. The van der Waals surface area contributed by atoms with Crippen LogP contribution in [0, 0.1) is 6.92 Å². The van der Waals surface area contributed by atoms with E-state index in [4.69, 9.17) is 11.6 Å². The fraction of sp³-hybridized carbons (Fsp3) is 0.636. The molecule has 0 bridgehead atoms. The second-order valence-electron chi connectivity index (χ2n) is 7.31. The van der Waals surface area contributed by atoms with Crippen LogP contribution in [0.2, 0.25) is 5.02 Å². The number of benzene rings is 1. The van der Waals surface area contributed by atoms with Crippen LogP contribution in [0.1, 0.15) is 94.6 Å². The van der Waals surface area contributed by atoms with Crippen LogP contribution in [0.15, 0.2) is 18.2 Å². The van der Waals surface area contributed by atoms with E-state index in [2.05, 4.69) is 11.9 Å². The third-order valence-corrected chi connectivity index (χ3v) is 5.26. The van der Waals surface area contributed by atoms with Gasteiger partial charge in [0.15, 0.2) is 0 Å². The van der Waals surface area contributed by atoms with E-state index in [1.54, 1.807) is 4.57 Å². The Hall–Kier alpha value is -1.35. The van der Waals surface area contributed by atoms with E-state index >= 15 is 0 Å². The molecule has 0 spiro atoms. The zero-order valence-electron chi connectivity index (χ0n) is 16.4. The Balaban J connectivity index is 1.63. The molecule has 0 amide bonds. The van der Waals surface area contributed by atoms with Crippen molar-refractivity contribution in [2.24, 2.45) is 0 Å². The number of carbonyl (C=O) groups is 1. The molecule has 3 nitrogen and oxygen atoms in total. The summed E-state index contributed by atoms with van der Waals surface area (Å²) in [5.41, 5.74) is 1.65. The minimum Gasteiger partial charge on any atom is -0.274 e. The molecule has 0 N–H and O–H groups in total. The van der Waals surface area contributed by atoms with Crippen LogP contribution in [-0.4, -0.2) is 15.5 Å². The zero-order chi connectivity index (χ0) is 18.8. The predicted octanol–water partition coefficient (Wildman–Crippen LogP) is 7.34. The van der Waals surface area contributed by atoms with Crippen molar-refractivity contribution in [3.63, 3.8) is 0 Å². The molecule has 0 atom stereocenters. The minimum absolute atomic E-state index is 0.142. The molecular formula is C22H33ClN2O. The Labute approximate surface area is 163 Å². The maximum absolute atomic E-state index is 12.6. The van der Waals surface area contributed by atoms with Gasteiger partial charge in [0.05, 0.1) is 11.0 Å². The quantitative estimate of drug-likeness (QED) is 0.363. The molecule has 0 fully saturated rings. The summed E-state index contributed by atoms with van der Waals surface area (Å²) >= 11 is 6.01. The van der Waals surface area contributed by atoms with Crippen LogP contribution in [0.4, 0.5) is 0 Å². The summed E-state index contributed by atoms with van der Waals surface area (Å²) in [7, 11) is 0. The number of aromatic nitrogens is 2. The molecule has 4 heteroatoms. The summed E-state index contributed by atoms with van der Waals surface area (Å²) in [5.74, 6) is 0.888. The van der Waals surface area contributed by atoms with Gasteiger partial charge in [-0.15, -0.1) is 0 Å². The molecule has 2 aromatic rings. The van der Waals surface area contributed by atoms with E-state index in [-0.39, 0.29) is 5.91 Å². The van der Waals surface area contributed by atoms with Crippen molar-refractivity contribution in [1.29, 1.82) is 0 Å². The van der Waals surface area contributed by atoms with Gasteiger partial charge >= 0.3 is 0 Å². The van der Waals surface area contributed by atoms with Gasteiger partial charge in [0, 0.05) is 11.4 Å². The lowest BCUT2D eigenvalue weighted by Crippen LogP contribution is -2.11. The Morgan fingerprint density at radius 1 is 0.962 bits per heavy atom. The molecule has 144 valence electrons. The summed E-state index contributed by atoms with van der Waals surface area (Å²) < 4.78 is 1.74. The molecule has 0 aliphatic rings. The fourth-order valence-electron chi connectivity index (χ4n) is 3.54. The topological polar surface area (TPSA) is 34.9 Å². The van der Waals surface area contributed by atoms with Crippen molar-refractivity contribution in [2.75, 3.05) is 0 Å². The molecule has 0 saturated carbocycles. The van der Waals surface area contributed by atoms with Crippen molar-refractivity contribution in [2.45, 2.75) is 90.9 Å². The number of imidazole rings is 1. The molecule has 2 rings (SSSR count). The Morgan fingerprint density at radius 2 is 1.54 bits per heavy atom. The number of nitrogens with zero attached hydrogens (tertiary/aromatic N) is 2. The molecule has 0 aliphatic heterocycles. The van der Waals surface area contributed by atoms with Crippen LogP contribution in [0.25, 0.3) is 11.0 Å². The Morgan fingerprint density at radius 3 is 2.15 bits per heavy atom. The maximum atomic E-state index is 12.6. The van der Waals surface area contributed by atoms with Crippen molar-refractivity contribution >= 4 is 28.5 Å². The number of aryl methyl sites for hydroxylation is 1. The average Bonchev–Trinajstić information content (AvgIpc) is 2.94. The van der Waals surface area contributed by atoms with Crippen LogP contribution in [0.3, 0.4) is 0 Å². The van der Waals surface area contributed by atoms with Crippen molar-refractivity contribution in [3.05, 3.63) is 29.0 Å². The minimum atomic E-state index is 0.142. The SMILES string of the molecule is CCCCCCCCCCCCCC(=O)n1c(C)nc2cc(Cl)ccc21. The summed E-state index contributed by atoms with van der Waals surface area (Å²) in [6.45, 7) is 4.14. The van der Waals surface area contributed by atoms with Gasteiger partial charge < -0.3 is 0 Å². The van der Waals surface area contributed by atoms with E-state index in [9.17, 15) is 4.79 Å². The van der Waals surface area contributed by atoms with E-state index in [1.165, 1.54) is 57.8 Å². The fourth-order valence-corrected chi connectivity index (χ4v) is 3.71. The highest BCUT2D eigenvalue weighted by Crippen LogP contribution is 2.21. The first-order valence-electron chi connectivity index (χ1n) is 10.3.